The first-order chi connectivity index (χ1) is 5.12. The van der Waals surface area contributed by atoms with Crippen molar-refractivity contribution in [1.82, 2.24) is 0 Å². The molecule has 0 aliphatic carbocycles. The smallest absolute Gasteiger partial charge is 0.324 e. The molecule has 1 N–H and O–H groups in total. The average molecular weight is 178 g/mol. The van der Waals surface area contributed by atoms with Gasteiger partial charge >= 0.3 is 7.60 Å². The van der Waals surface area contributed by atoms with E-state index in [2.05, 4.69) is 0 Å². The van der Waals surface area contributed by atoms with Gasteiger partial charge in [-0.1, -0.05) is 19.1 Å². The SMILES string of the molecule is CC=CCOP(=O)(O)CCC. The van der Waals surface area contributed by atoms with Crippen LogP contribution in [0.15, 0.2) is 12.2 Å². The van der Waals surface area contributed by atoms with Crippen molar-refractivity contribution in [1.29, 1.82) is 0 Å². The standard InChI is InChI=1S/C7H15O3P/c1-3-5-6-10-11(8,9)7-4-2/h3,5H,4,6-7H2,1-2H3,(H,8,9). The van der Waals surface area contributed by atoms with Gasteiger partial charge in [0.25, 0.3) is 0 Å². The quantitative estimate of drug-likeness (QED) is 0.518. The van der Waals surface area contributed by atoms with E-state index in [1.54, 1.807) is 12.2 Å². The molecule has 0 aromatic carbocycles. The molecule has 0 spiro atoms. The van der Waals surface area contributed by atoms with E-state index in [1.807, 2.05) is 13.8 Å². The van der Waals surface area contributed by atoms with E-state index < -0.39 is 7.60 Å². The van der Waals surface area contributed by atoms with Crippen molar-refractivity contribution >= 4 is 7.60 Å². The summed E-state index contributed by atoms with van der Waals surface area (Å²) < 4.78 is 15.7. The maximum atomic E-state index is 11.0. The lowest BCUT2D eigenvalue weighted by Crippen LogP contribution is -1.93. The minimum absolute atomic E-state index is 0.226. The number of rotatable bonds is 5. The van der Waals surface area contributed by atoms with E-state index in [9.17, 15) is 4.57 Å². The molecule has 0 aromatic heterocycles. The molecule has 3 nitrogen and oxygen atoms in total. The highest BCUT2D eigenvalue weighted by molar-refractivity contribution is 7.52. The second-order valence-electron chi connectivity index (χ2n) is 2.23. The summed E-state index contributed by atoms with van der Waals surface area (Å²) in [4.78, 5) is 9.04. The Balaban J connectivity index is 3.64. The van der Waals surface area contributed by atoms with E-state index in [-0.39, 0.29) is 12.8 Å². The molecule has 0 saturated carbocycles. The predicted molar refractivity (Wildman–Crippen MR) is 45.7 cm³/mol. The summed E-state index contributed by atoms with van der Waals surface area (Å²) in [6, 6.07) is 0. The molecule has 11 heavy (non-hydrogen) atoms. The molecule has 66 valence electrons. The van der Waals surface area contributed by atoms with Crippen LogP contribution >= 0.6 is 7.60 Å². The summed E-state index contributed by atoms with van der Waals surface area (Å²) in [5, 5.41) is 0. The summed E-state index contributed by atoms with van der Waals surface area (Å²) in [6.07, 6.45) is 4.40. The van der Waals surface area contributed by atoms with Crippen molar-refractivity contribution in [2.75, 3.05) is 12.8 Å². The van der Waals surface area contributed by atoms with Crippen molar-refractivity contribution < 1.29 is 14.0 Å². The highest BCUT2D eigenvalue weighted by atomic mass is 31.2. The van der Waals surface area contributed by atoms with Crippen molar-refractivity contribution in [3.05, 3.63) is 12.2 Å². The van der Waals surface area contributed by atoms with Gasteiger partial charge in [0.05, 0.1) is 6.61 Å². The predicted octanol–water partition coefficient (Wildman–Crippen LogP) is 2.17. The number of allylic oxidation sites excluding steroid dienone is 1. The van der Waals surface area contributed by atoms with Crippen molar-refractivity contribution in [2.24, 2.45) is 0 Å². The van der Waals surface area contributed by atoms with E-state index in [1.165, 1.54) is 0 Å². The van der Waals surface area contributed by atoms with Gasteiger partial charge in [0.2, 0.25) is 0 Å². The van der Waals surface area contributed by atoms with Gasteiger partial charge in [0.1, 0.15) is 0 Å². The molecular weight excluding hydrogens is 163 g/mol. The molecule has 0 bridgehead atoms. The van der Waals surface area contributed by atoms with Gasteiger partial charge < -0.3 is 9.42 Å². The average Bonchev–Trinajstić information content (AvgIpc) is 1.87. The van der Waals surface area contributed by atoms with Crippen LogP contribution in [0.25, 0.3) is 0 Å². The fourth-order valence-electron chi connectivity index (χ4n) is 0.603. The van der Waals surface area contributed by atoms with Gasteiger partial charge in [0.15, 0.2) is 0 Å². The molecule has 0 aliphatic heterocycles. The molecule has 0 aliphatic rings. The Morgan fingerprint density at radius 1 is 1.64 bits per heavy atom. The summed E-state index contributed by atoms with van der Waals surface area (Å²) in [7, 11) is -3.27. The van der Waals surface area contributed by atoms with E-state index in [0.717, 1.165) is 0 Å². The second-order valence-corrected chi connectivity index (χ2v) is 4.21. The second kappa shape index (κ2) is 5.53. The topological polar surface area (TPSA) is 46.5 Å². The third-order valence-electron chi connectivity index (χ3n) is 1.11. The monoisotopic (exact) mass is 178 g/mol. The summed E-state index contributed by atoms with van der Waals surface area (Å²) >= 11 is 0. The molecular formula is C7H15O3P. The van der Waals surface area contributed by atoms with Crippen molar-refractivity contribution in [2.45, 2.75) is 20.3 Å². The van der Waals surface area contributed by atoms with Crippen molar-refractivity contribution in [3.63, 3.8) is 0 Å². The molecule has 0 fully saturated rings. The summed E-state index contributed by atoms with van der Waals surface area (Å²) in [5.74, 6) is 0. The van der Waals surface area contributed by atoms with Gasteiger partial charge in [-0.25, -0.2) is 0 Å². The van der Waals surface area contributed by atoms with Crippen LogP contribution < -0.4 is 0 Å². The molecule has 0 saturated heterocycles. The minimum Gasteiger partial charge on any atom is -0.324 e. The van der Waals surface area contributed by atoms with E-state index >= 15 is 0 Å². The Labute approximate surface area is 67.6 Å². The van der Waals surface area contributed by atoms with Crippen LogP contribution in [0.3, 0.4) is 0 Å². The van der Waals surface area contributed by atoms with Crippen LogP contribution in [0.2, 0.25) is 0 Å². The lowest BCUT2D eigenvalue weighted by Gasteiger charge is -2.08. The fraction of sp³-hybridized carbons (Fsp3) is 0.714. The van der Waals surface area contributed by atoms with Crippen LogP contribution in [0.5, 0.6) is 0 Å². The zero-order valence-electron chi connectivity index (χ0n) is 6.99. The maximum absolute atomic E-state index is 11.0. The van der Waals surface area contributed by atoms with Gasteiger partial charge in [-0.05, 0) is 13.3 Å². The molecule has 0 radical (unpaired) electrons. The molecule has 0 heterocycles. The van der Waals surface area contributed by atoms with Crippen LogP contribution in [0.4, 0.5) is 0 Å². The molecule has 1 atom stereocenters. The molecule has 4 heteroatoms. The lowest BCUT2D eigenvalue weighted by atomic mass is 10.6. The summed E-state index contributed by atoms with van der Waals surface area (Å²) in [5.41, 5.74) is 0. The van der Waals surface area contributed by atoms with E-state index in [4.69, 9.17) is 9.42 Å². The normalized spacial score (nSPS) is 17.0. The first-order valence-corrected chi connectivity index (χ1v) is 5.46. The van der Waals surface area contributed by atoms with Crippen molar-refractivity contribution in [3.8, 4) is 0 Å². The van der Waals surface area contributed by atoms with E-state index in [0.29, 0.717) is 6.42 Å². The highest BCUT2D eigenvalue weighted by Gasteiger charge is 2.15. The Bertz CT molecular complexity index is 165. The zero-order valence-corrected chi connectivity index (χ0v) is 7.88. The number of hydrogen-bond donors (Lipinski definition) is 1. The molecule has 0 rings (SSSR count). The maximum Gasteiger partial charge on any atom is 0.328 e. The first-order valence-electron chi connectivity index (χ1n) is 3.70. The Morgan fingerprint density at radius 3 is 2.73 bits per heavy atom. The third kappa shape index (κ3) is 6.29. The third-order valence-corrected chi connectivity index (χ3v) is 2.68. The molecule has 0 aromatic rings. The lowest BCUT2D eigenvalue weighted by molar-refractivity contribution is 0.287. The molecule has 0 amide bonds. The highest BCUT2D eigenvalue weighted by Crippen LogP contribution is 2.41. The van der Waals surface area contributed by atoms with Gasteiger partial charge in [-0.3, -0.25) is 4.57 Å². The Morgan fingerprint density at radius 2 is 2.27 bits per heavy atom. The Kier molecular flexibility index (Phi) is 5.47. The van der Waals surface area contributed by atoms with Crippen LogP contribution in [0, 0.1) is 0 Å². The van der Waals surface area contributed by atoms with Crippen LogP contribution in [-0.2, 0) is 9.09 Å². The zero-order chi connectivity index (χ0) is 8.74. The van der Waals surface area contributed by atoms with Crippen LogP contribution in [-0.4, -0.2) is 17.7 Å². The number of hydrogen-bond acceptors (Lipinski definition) is 2. The Hall–Kier alpha value is -0.110. The first kappa shape index (κ1) is 10.9. The fourth-order valence-corrected chi connectivity index (χ4v) is 1.62. The molecule has 1 unspecified atom stereocenters. The van der Waals surface area contributed by atoms with Crippen LogP contribution in [0.1, 0.15) is 20.3 Å². The van der Waals surface area contributed by atoms with Gasteiger partial charge in [-0.2, -0.15) is 0 Å². The largest absolute Gasteiger partial charge is 0.328 e. The summed E-state index contributed by atoms with van der Waals surface area (Å²) in [6.45, 7) is 3.91. The van der Waals surface area contributed by atoms with Gasteiger partial charge in [-0.15, -0.1) is 0 Å². The van der Waals surface area contributed by atoms with Gasteiger partial charge in [0, 0.05) is 6.16 Å². The minimum atomic E-state index is -3.27.